The molecular formula is C30H27NO3. The van der Waals surface area contributed by atoms with Crippen LogP contribution in [0.2, 0.25) is 0 Å². The number of nitrogens with zero attached hydrogens (tertiary/aromatic N) is 1. The third-order valence-electron chi connectivity index (χ3n) is 5.94. The van der Waals surface area contributed by atoms with Crippen molar-refractivity contribution in [3.8, 4) is 28.2 Å². The summed E-state index contributed by atoms with van der Waals surface area (Å²) in [6, 6.07) is 29.7. The largest absolute Gasteiger partial charge is 0.494 e. The van der Waals surface area contributed by atoms with Crippen LogP contribution in [-0.2, 0) is 6.54 Å². The van der Waals surface area contributed by atoms with Gasteiger partial charge in [0, 0.05) is 23.4 Å². The van der Waals surface area contributed by atoms with E-state index in [1.165, 1.54) is 0 Å². The first-order valence-electron chi connectivity index (χ1n) is 11.7. The van der Waals surface area contributed by atoms with Crippen LogP contribution in [0.1, 0.15) is 25.3 Å². The molecule has 34 heavy (non-hydrogen) atoms. The first-order valence-corrected chi connectivity index (χ1v) is 11.7. The summed E-state index contributed by atoms with van der Waals surface area (Å²) in [5.74, 6) is 1.52. The lowest BCUT2D eigenvalue weighted by Crippen LogP contribution is -2.07. The SMILES string of the molecule is CCCCOc1ccc(-c2oc3c(c2-c2ccccc2)c(=O)ccn3Cc2ccccc2)cc1. The summed E-state index contributed by atoms with van der Waals surface area (Å²) in [4.78, 5) is 13.1. The lowest BCUT2D eigenvalue weighted by atomic mass is 9.99. The van der Waals surface area contributed by atoms with Crippen LogP contribution in [0.25, 0.3) is 33.6 Å². The molecule has 0 atom stereocenters. The van der Waals surface area contributed by atoms with E-state index >= 15 is 0 Å². The lowest BCUT2D eigenvalue weighted by molar-refractivity contribution is 0.309. The fourth-order valence-electron chi connectivity index (χ4n) is 4.18. The van der Waals surface area contributed by atoms with Crippen molar-refractivity contribution in [2.75, 3.05) is 6.61 Å². The monoisotopic (exact) mass is 449 g/mol. The van der Waals surface area contributed by atoms with Gasteiger partial charge in [-0.05, 0) is 41.8 Å². The Kier molecular flexibility index (Phi) is 6.30. The Hall–Kier alpha value is -4.05. The van der Waals surface area contributed by atoms with Gasteiger partial charge in [0.15, 0.2) is 5.43 Å². The first-order chi connectivity index (χ1) is 16.7. The van der Waals surface area contributed by atoms with Gasteiger partial charge in [-0.25, -0.2) is 0 Å². The molecule has 0 bridgehead atoms. The topological polar surface area (TPSA) is 44.4 Å². The minimum Gasteiger partial charge on any atom is -0.494 e. The molecule has 4 nitrogen and oxygen atoms in total. The molecule has 0 N–H and O–H groups in total. The molecule has 0 saturated heterocycles. The zero-order valence-corrected chi connectivity index (χ0v) is 19.2. The van der Waals surface area contributed by atoms with E-state index < -0.39 is 0 Å². The smallest absolute Gasteiger partial charge is 0.212 e. The summed E-state index contributed by atoms with van der Waals surface area (Å²) in [6.07, 6.45) is 3.93. The number of hydrogen-bond acceptors (Lipinski definition) is 3. The molecule has 0 fully saturated rings. The molecule has 0 aliphatic heterocycles. The molecule has 0 saturated carbocycles. The third kappa shape index (κ3) is 4.40. The molecule has 0 radical (unpaired) electrons. The number of ether oxygens (including phenoxy) is 1. The van der Waals surface area contributed by atoms with Gasteiger partial charge < -0.3 is 13.7 Å². The number of hydrogen-bond donors (Lipinski definition) is 0. The molecule has 3 aromatic carbocycles. The maximum absolute atomic E-state index is 13.1. The average Bonchev–Trinajstić information content (AvgIpc) is 3.29. The standard InChI is InChI=1S/C30H27NO3/c1-2-3-20-33-25-16-14-24(15-17-25)29-27(23-12-8-5-9-13-23)28-26(32)18-19-31(30(28)34-29)21-22-10-6-4-7-11-22/h4-19H,2-3,20-21H2,1H3. The minimum atomic E-state index is -0.0484. The number of fused-ring (bicyclic) bond motifs is 1. The van der Waals surface area contributed by atoms with E-state index in [1.54, 1.807) is 6.07 Å². The molecule has 4 heteroatoms. The molecular weight excluding hydrogens is 422 g/mol. The Morgan fingerprint density at radius 2 is 1.53 bits per heavy atom. The second-order valence-corrected chi connectivity index (χ2v) is 8.37. The minimum absolute atomic E-state index is 0.0484. The Morgan fingerprint density at radius 3 is 2.24 bits per heavy atom. The molecule has 2 aromatic heterocycles. The summed E-state index contributed by atoms with van der Waals surface area (Å²) in [5.41, 5.74) is 4.35. The van der Waals surface area contributed by atoms with E-state index in [0.717, 1.165) is 40.8 Å². The van der Waals surface area contributed by atoms with Gasteiger partial charge in [-0.1, -0.05) is 74.0 Å². The second kappa shape index (κ2) is 9.84. The Balaban J connectivity index is 1.66. The predicted molar refractivity (Wildman–Crippen MR) is 137 cm³/mol. The van der Waals surface area contributed by atoms with Crippen LogP contribution < -0.4 is 10.2 Å². The zero-order valence-electron chi connectivity index (χ0n) is 19.2. The van der Waals surface area contributed by atoms with Crippen LogP contribution in [0.15, 0.2) is 106 Å². The molecule has 0 unspecified atom stereocenters. The molecule has 0 spiro atoms. The van der Waals surface area contributed by atoms with Crippen LogP contribution in [0.3, 0.4) is 0 Å². The summed E-state index contributed by atoms with van der Waals surface area (Å²) in [7, 11) is 0. The number of furan rings is 1. The first kappa shape index (κ1) is 21.8. The normalized spacial score (nSPS) is 11.1. The van der Waals surface area contributed by atoms with E-state index in [1.807, 2.05) is 83.6 Å². The molecule has 0 aliphatic rings. The van der Waals surface area contributed by atoms with Crippen LogP contribution in [0.5, 0.6) is 5.75 Å². The van der Waals surface area contributed by atoms with Crippen molar-refractivity contribution in [1.29, 1.82) is 0 Å². The van der Waals surface area contributed by atoms with Gasteiger partial charge in [-0.3, -0.25) is 4.79 Å². The van der Waals surface area contributed by atoms with Gasteiger partial charge >= 0.3 is 0 Å². The van der Waals surface area contributed by atoms with Gasteiger partial charge in [0.25, 0.3) is 0 Å². The molecule has 0 aliphatic carbocycles. The van der Waals surface area contributed by atoms with Gasteiger partial charge in [-0.2, -0.15) is 0 Å². The van der Waals surface area contributed by atoms with E-state index in [9.17, 15) is 4.79 Å². The fourth-order valence-corrected chi connectivity index (χ4v) is 4.18. The maximum Gasteiger partial charge on any atom is 0.212 e. The molecule has 170 valence electrons. The molecule has 5 rings (SSSR count). The quantitative estimate of drug-likeness (QED) is 0.236. The van der Waals surface area contributed by atoms with E-state index in [4.69, 9.17) is 9.15 Å². The number of rotatable bonds is 8. The summed E-state index contributed by atoms with van der Waals surface area (Å²) >= 11 is 0. The average molecular weight is 450 g/mol. The van der Waals surface area contributed by atoms with E-state index in [-0.39, 0.29) is 5.43 Å². The van der Waals surface area contributed by atoms with Crippen molar-refractivity contribution < 1.29 is 9.15 Å². The summed E-state index contributed by atoms with van der Waals surface area (Å²) in [6.45, 7) is 3.46. The Morgan fingerprint density at radius 1 is 0.824 bits per heavy atom. The zero-order chi connectivity index (χ0) is 23.3. The van der Waals surface area contributed by atoms with Crippen molar-refractivity contribution in [2.24, 2.45) is 0 Å². The highest BCUT2D eigenvalue weighted by molar-refractivity contribution is 6.00. The molecule has 0 amide bonds. The Bertz CT molecular complexity index is 1430. The third-order valence-corrected chi connectivity index (χ3v) is 5.94. The molecule has 5 aromatic rings. The number of pyridine rings is 1. The van der Waals surface area contributed by atoms with Crippen molar-refractivity contribution in [2.45, 2.75) is 26.3 Å². The lowest BCUT2D eigenvalue weighted by Gasteiger charge is -2.07. The highest BCUT2D eigenvalue weighted by Gasteiger charge is 2.22. The van der Waals surface area contributed by atoms with Crippen molar-refractivity contribution >= 4 is 11.1 Å². The molecule has 2 heterocycles. The summed E-state index contributed by atoms with van der Waals surface area (Å²) in [5, 5.41) is 0.600. The van der Waals surface area contributed by atoms with Gasteiger partial charge in [0.2, 0.25) is 5.71 Å². The predicted octanol–water partition coefficient (Wildman–Crippen LogP) is 7.16. The van der Waals surface area contributed by atoms with Crippen molar-refractivity contribution in [3.05, 3.63) is 113 Å². The van der Waals surface area contributed by atoms with E-state index in [0.29, 0.717) is 30.0 Å². The van der Waals surface area contributed by atoms with Crippen LogP contribution >= 0.6 is 0 Å². The maximum atomic E-state index is 13.1. The number of aromatic nitrogens is 1. The van der Waals surface area contributed by atoms with Crippen LogP contribution in [-0.4, -0.2) is 11.2 Å². The van der Waals surface area contributed by atoms with Gasteiger partial charge in [0.05, 0.1) is 18.5 Å². The highest BCUT2D eigenvalue weighted by atomic mass is 16.5. The highest BCUT2D eigenvalue weighted by Crippen LogP contribution is 2.40. The number of benzene rings is 3. The fraction of sp³-hybridized carbons (Fsp3) is 0.167. The van der Waals surface area contributed by atoms with E-state index in [2.05, 4.69) is 19.1 Å². The van der Waals surface area contributed by atoms with Crippen LogP contribution in [0.4, 0.5) is 0 Å². The summed E-state index contributed by atoms with van der Waals surface area (Å²) < 4.78 is 14.3. The number of unbranched alkanes of at least 4 members (excludes halogenated alkanes) is 1. The second-order valence-electron chi connectivity index (χ2n) is 8.37. The van der Waals surface area contributed by atoms with Crippen molar-refractivity contribution in [1.82, 2.24) is 4.57 Å². The van der Waals surface area contributed by atoms with Crippen LogP contribution in [0, 0.1) is 0 Å². The Labute approximate surface area is 199 Å². The van der Waals surface area contributed by atoms with Gasteiger partial charge in [-0.15, -0.1) is 0 Å². The van der Waals surface area contributed by atoms with Gasteiger partial charge in [0.1, 0.15) is 11.5 Å². The van der Waals surface area contributed by atoms with Crippen molar-refractivity contribution in [3.63, 3.8) is 0 Å².